The molecule has 4 heterocycles. The normalized spacial score (nSPS) is 25.4. The summed E-state index contributed by atoms with van der Waals surface area (Å²) in [6, 6.07) is 3.91. The topological polar surface area (TPSA) is 90.2 Å². The summed E-state index contributed by atoms with van der Waals surface area (Å²) >= 11 is 0. The standard InChI is InChI=1S/C18H32N2O4.C6H5F3N2/c1-17(2,3)24-16(21)19-9-6-13(7-10-19)20-11-8-14-15(12-20)23-18(4,5)22-14;7-6(8,9)4-2-1-3-5(10)11-4/h13-15H,6-12H2,1-5H3;1-3H,(H2,10,11). The van der Waals surface area contributed by atoms with Crippen LogP contribution in [0.25, 0.3) is 0 Å². The van der Waals surface area contributed by atoms with E-state index in [1.165, 1.54) is 12.1 Å². The van der Waals surface area contributed by atoms with Crippen LogP contribution in [0.1, 0.15) is 59.6 Å². The maximum absolute atomic E-state index is 12.2. The minimum atomic E-state index is -4.41. The molecule has 2 atom stereocenters. The van der Waals surface area contributed by atoms with Crippen LogP contribution in [-0.4, -0.2) is 76.7 Å². The number of anilines is 1. The number of hydrogen-bond donors (Lipinski definition) is 1. The van der Waals surface area contributed by atoms with E-state index in [-0.39, 0.29) is 24.1 Å². The average molecular weight is 503 g/mol. The number of pyridine rings is 1. The van der Waals surface area contributed by atoms with Crippen molar-refractivity contribution in [3.63, 3.8) is 0 Å². The van der Waals surface area contributed by atoms with E-state index in [1.54, 1.807) is 0 Å². The first-order chi connectivity index (χ1) is 16.1. The molecule has 0 aromatic carbocycles. The van der Waals surface area contributed by atoms with Crippen LogP contribution in [0.15, 0.2) is 18.2 Å². The molecule has 198 valence electrons. The number of alkyl halides is 3. The van der Waals surface area contributed by atoms with Gasteiger partial charge < -0.3 is 24.8 Å². The monoisotopic (exact) mass is 502 g/mol. The van der Waals surface area contributed by atoms with E-state index in [4.69, 9.17) is 19.9 Å². The number of halogens is 3. The molecule has 0 spiro atoms. The van der Waals surface area contributed by atoms with Gasteiger partial charge in [-0.05, 0) is 66.0 Å². The number of fused-ring (bicyclic) bond motifs is 1. The first-order valence-electron chi connectivity index (χ1n) is 12.0. The summed E-state index contributed by atoms with van der Waals surface area (Å²) in [5.41, 5.74) is 3.66. The Morgan fingerprint density at radius 3 is 2.26 bits per heavy atom. The molecule has 2 unspecified atom stereocenters. The second-order valence-electron chi connectivity index (χ2n) is 10.6. The number of piperidine rings is 2. The van der Waals surface area contributed by atoms with Crippen LogP contribution in [0.2, 0.25) is 0 Å². The minimum Gasteiger partial charge on any atom is -0.444 e. The third kappa shape index (κ3) is 7.94. The molecule has 3 fully saturated rings. The smallest absolute Gasteiger partial charge is 0.433 e. The first-order valence-corrected chi connectivity index (χ1v) is 12.0. The second-order valence-corrected chi connectivity index (χ2v) is 10.6. The molecule has 3 aliphatic heterocycles. The van der Waals surface area contributed by atoms with Gasteiger partial charge in [-0.3, -0.25) is 4.90 Å². The Kier molecular flexibility index (Phi) is 8.23. The maximum Gasteiger partial charge on any atom is 0.433 e. The maximum atomic E-state index is 12.2. The molecular weight excluding hydrogens is 465 g/mol. The fraction of sp³-hybridized carbons (Fsp3) is 0.750. The van der Waals surface area contributed by atoms with Gasteiger partial charge in [-0.15, -0.1) is 0 Å². The lowest BCUT2D eigenvalue weighted by Crippen LogP contribution is -2.53. The van der Waals surface area contributed by atoms with E-state index in [2.05, 4.69) is 9.88 Å². The van der Waals surface area contributed by atoms with Crippen LogP contribution < -0.4 is 5.73 Å². The number of aromatic nitrogens is 1. The molecule has 35 heavy (non-hydrogen) atoms. The highest BCUT2D eigenvalue weighted by atomic mass is 19.4. The lowest BCUT2D eigenvalue weighted by molar-refractivity contribution is -0.145. The minimum absolute atomic E-state index is 0.125. The second kappa shape index (κ2) is 10.5. The number of likely N-dealkylation sites (tertiary alicyclic amines) is 2. The molecule has 1 amide bonds. The lowest BCUT2D eigenvalue weighted by Gasteiger charge is -2.42. The van der Waals surface area contributed by atoms with Gasteiger partial charge in [-0.25, -0.2) is 9.78 Å². The van der Waals surface area contributed by atoms with Crippen molar-refractivity contribution in [2.75, 3.05) is 31.9 Å². The highest BCUT2D eigenvalue weighted by Gasteiger charge is 2.45. The molecule has 3 saturated heterocycles. The van der Waals surface area contributed by atoms with Crippen molar-refractivity contribution in [1.29, 1.82) is 0 Å². The summed E-state index contributed by atoms with van der Waals surface area (Å²) in [7, 11) is 0. The van der Waals surface area contributed by atoms with Gasteiger partial charge in [-0.2, -0.15) is 13.2 Å². The van der Waals surface area contributed by atoms with Gasteiger partial charge in [0.05, 0.1) is 12.2 Å². The molecule has 0 saturated carbocycles. The Morgan fingerprint density at radius 2 is 1.71 bits per heavy atom. The Hall–Kier alpha value is -2.11. The summed E-state index contributed by atoms with van der Waals surface area (Å²) in [5.74, 6) is -0.578. The van der Waals surface area contributed by atoms with Gasteiger partial charge in [0.15, 0.2) is 5.79 Å². The van der Waals surface area contributed by atoms with Crippen LogP contribution in [0.4, 0.5) is 23.8 Å². The van der Waals surface area contributed by atoms with Crippen LogP contribution in [0.5, 0.6) is 0 Å². The van der Waals surface area contributed by atoms with Crippen LogP contribution in [0, 0.1) is 0 Å². The van der Waals surface area contributed by atoms with Gasteiger partial charge in [0.1, 0.15) is 17.1 Å². The number of nitrogens with two attached hydrogens (primary N) is 1. The van der Waals surface area contributed by atoms with E-state index in [0.29, 0.717) is 6.04 Å². The molecule has 0 aliphatic carbocycles. The van der Waals surface area contributed by atoms with Gasteiger partial charge >= 0.3 is 12.3 Å². The fourth-order valence-corrected chi connectivity index (χ4v) is 4.60. The third-order valence-electron chi connectivity index (χ3n) is 6.09. The number of rotatable bonds is 1. The first kappa shape index (κ1) is 27.5. The van der Waals surface area contributed by atoms with Gasteiger partial charge in [0.25, 0.3) is 0 Å². The molecule has 1 aromatic rings. The number of nitrogens with zero attached hydrogens (tertiary/aromatic N) is 3. The number of nitrogen functional groups attached to an aromatic ring is 1. The van der Waals surface area contributed by atoms with Crippen LogP contribution in [-0.2, 0) is 20.4 Å². The molecule has 3 aliphatic rings. The fourth-order valence-electron chi connectivity index (χ4n) is 4.60. The highest BCUT2D eigenvalue weighted by Crippen LogP contribution is 2.34. The van der Waals surface area contributed by atoms with Gasteiger partial charge in [0, 0.05) is 32.2 Å². The molecule has 2 N–H and O–H groups in total. The predicted octanol–water partition coefficient (Wildman–Crippen LogP) is 4.29. The molecular formula is C24H37F3N4O4. The zero-order valence-corrected chi connectivity index (χ0v) is 21.1. The number of hydrogen-bond acceptors (Lipinski definition) is 7. The molecule has 8 nitrogen and oxygen atoms in total. The number of ether oxygens (including phenoxy) is 3. The zero-order chi connectivity index (χ0) is 26.0. The van der Waals surface area contributed by atoms with E-state index in [9.17, 15) is 18.0 Å². The Bertz CT molecular complexity index is 867. The summed E-state index contributed by atoms with van der Waals surface area (Å²) < 4.78 is 53.0. The Morgan fingerprint density at radius 1 is 1.09 bits per heavy atom. The average Bonchev–Trinajstić information content (AvgIpc) is 3.05. The van der Waals surface area contributed by atoms with Crippen molar-refractivity contribution in [3.05, 3.63) is 23.9 Å². The van der Waals surface area contributed by atoms with Crippen molar-refractivity contribution in [2.24, 2.45) is 0 Å². The van der Waals surface area contributed by atoms with Crippen molar-refractivity contribution in [1.82, 2.24) is 14.8 Å². The Labute approximate surface area is 204 Å². The largest absolute Gasteiger partial charge is 0.444 e. The van der Waals surface area contributed by atoms with Gasteiger partial charge in [-0.1, -0.05) is 6.07 Å². The lowest BCUT2D eigenvalue weighted by atomic mass is 9.98. The summed E-state index contributed by atoms with van der Waals surface area (Å²) in [6.45, 7) is 13.2. The van der Waals surface area contributed by atoms with E-state index in [1.807, 2.05) is 39.5 Å². The van der Waals surface area contributed by atoms with Crippen LogP contribution in [0.3, 0.4) is 0 Å². The van der Waals surface area contributed by atoms with Crippen molar-refractivity contribution in [2.45, 2.75) is 89.7 Å². The summed E-state index contributed by atoms with van der Waals surface area (Å²) in [4.78, 5) is 19.6. The summed E-state index contributed by atoms with van der Waals surface area (Å²) in [5, 5.41) is 0. The van der Waals surface area contributed by atoms with E-state index in [0.717, 1.165) is 51.5 Å². The van der Waals surface area contributed by atoms with Crippen molar-refractivity contribution in [3.8, 4) is 0 Å². The van der Waals surface area contributed by atoms with E-state index >= 15 is 0 Å². The van der Waals surface area contributed by atoms with Crippen molar-refractivity contribution < 1.29 is 32.2 Å². The molecule has 0 radical (unpaired) electrons. The Balaban J connectivity index is 0.000000261. The van der Waals surface area contributed by atoms with Crippen molar-refractivity contribution >= 4 is 11.9 Å². The zero-order valence-electron chi connectivity index (χ0n) is 21.1. The number of carbonyl (C=O) groups excluding carboxylic acids is 1. The predicted molar refractivity (Wildman–Crippen MR) is 124 cm³/mol. The number of amides is 1. The molecule has 11 heteroatoms. The third-order valence-corrected chi connectivity index (χ3v) is 6.09. The number of carbonyl (C=O) groups is 1. The molecule has 0 bridgehead atoms. The molecule has 1 aromatic heterocycles. The quantitative estimate of drug-likeness (QED) is 0.613. The molecule has 4 rings (SSSR count). The van der Waals surface area contributed by atoms with E-state index < -0.39 is 23.3 Å². The van der Waals surface area contributed by atoms with Gasteiger partial charge in [0.2, 0.25) is 0 Å². The van der Waals surface area contributed by atoms with Crippen LogP contribution >= 0.6 is 0 Å². The summed E-state index contributed by atoms with van der Waals surface area (Å²) in [6.07, 6.45) is -1.15. The SMILES string of the molecule is CC(C)(C)OC(=O)N1CCC(N2CCC3OC(C)(C)OC3C2)CC1.Nc1cccc(C(F)(F)F)n1. The highest BCUT2D eigenvalue weighted by molar-refractivity contribution is 5.68.